The fourth-order valence-corrected chi connectivity index (χ4v) is 2.28. The third-order valence-corrected chi connectivity index (χ3v) is 2.93. The maximum atomic E-state index is 11.3. The number of hydrogen-bond acceptors (Lipinski definition) is 4. The van der Waals surface area contributed by atoms with Crippen LogP contribution in [0.4, 0.5) is 0 Å². The van der Waals surface area contributed by atoms with Gasteiger partial charge in [-0.1, -0.05) is 0 Å². The molecule has 0 saturated carbocycles. The molecule has 0 aromatic rings. The van der Waals surface area contributed by atoms with E-state index in [1.807, 2.05) is 0 Å². The zero-order valence-corrected chi connectivity index (χ0v) is 7.60. The van der Waals surface area contributed by atoms with Gasteiger partial charge in [0.15, 0.2) is 0 Å². The summed E-state index contributed by atoms with van der Waals surface area (Å²) in [5.41, 5.74) is 0. The molecule has 4 nitrogen and oxygen atoms in total. The van der Waals surface area contributed by atoms with Crippen molar-refractivity contribution < 1.29 is 19.4 Å². The second kappa shape index (κ2) is 3.27. The molecule has 74 valence electrons. The summed E-state index contributed by atoms with van der Waals surface area (Å²) in [6.45, 7) is 0. The maximum Gasteiger partial charge on any atom is 0.313 e. The van der Waals surface area contributed by atoms with Gasteiger partial charge in [-0.25, -0.2) is 0 Å². The Bertz CT molecular complexity index is 216. The average Bonchev–Trinajstić information content (AvgIpc) is 2.48. The summed E-state index contributed by atoms with van der Waals surface area (Å²) in [6.07, 6.45) is 1.83. The Labute approximate surface area is 76.8 Å². The Hall–Kier alpha value is -0.610. The van der Waals surface area contributed by atoms with Crippen molar-refractivity contribution in [3.8, 4) is 0 Å². The first-order valence-electron chi connectivity index (χ1n) is 4.63. The van der Waals surface area contributed by atoms with E-state index in [0.717, 1.165) is 12.8 Å². The number of rotatable bonds is 1. The van der Waals surface area contributed by atoms with E-state index < -0.39 is 12.0 Å². The molecular formula is C9H14O4. The molecule has 13 heavy (non-hydrogen) atoms. The lowest BCUT2D eigenvalue weighted by atomic mass is 9.92. The lowest BCUT2D eigenvalue weighted by Crippen LogP contribution is -2.43. The van der Waals surface area contributed by atoms with Crippen LogP contribution in [0.5, 0.6) is 0 Å². The molecular weight excluding hydrogens is 172 g/mol. The molecule has 0 spiro atoms. The number of carbonyl (C=O) groups excluding carboxylic acids is 1. The van der Waals surface area contributed by atoms with Gasteiger partial charge in [0, 0.05) is 6.42 Å². The van der Waals surface area contributed by atoms with Crippen LogP contribution in [-0.4, -0.2) is 36.5 Å². The van der Waals surface area contributed by atoms with E-state index in [9.17, 15) is 9.90 Å². The summed E-state index contributed by atoms with van der Waals surface area (Å²) in [7, 11) is 1.34. The second-order valence-electron chi connectivity index (χ2n) is 3.73. The number of fused-ring (bicyclic) bond motifs is 2. The van der Waals surface area contributed by atoms with Crippen LogP contribution in [0.15, 0.2) is 0 Å². The zero-order chi connectivity index (χ0) is 9.42. The van der Waals surface area contributed by atoms with Gasteiger partial charge in [-0.05, 0) is 12.8 Å². The number of methoxy groups -OCH3 is 1. The third-order valence-electron chi connectivity index (χ3n) is 2.93. The molecule has 0 aliphatic carbocycles. The third kappa shape index (κ3) is 1.44. The van der Waals surface area contributed by atoms with Crippen molar-refractivity contribution in [1.29, 1.82) is 0 Å². The molecule has 4 unspecified atom stereocenters. The Morgan fingerprint density at radius 3 is 3.00 bits per heavy atom. The summed E-state index contributed by atoms with van der Waals surface area (Å²) in [5.74, 6) is -0.818. The number of aliphatic hydroxyl groups is 1. The summed E-state index contributed by atoms with van der Waals surface area (Å²) >= 11 is 0. The standard InChI is InChI=1S/C9H14O4/c1-12-9(11)8-6(10)4-5-2-3-7(8)13-5/h5-8,10H,2-4H2,1H3. The highest BCUT2D eigenvalue weighted by atomic mass is 16.5. The zero-order valence-electron chi connectivity index (χ0n) is 7.60. The van der Waals surface area contributed by atoms with Gasteiger partial charge in [0.1, 0.15) is 5.92 Å². The lowest BCUT2D eigenvalue weighted by molar-refractivity contribution is -0.166. The Balaban J connectivity index is 2.11. The van der Waals surface area contributed by atoms with Crippen LogP contribution in [0.2, 0.25) is 0 Å². The SMILES string of the molecule is COC(=O)C1C(O)CC2CCC1O2. The Morgan fingerprint density at radius 1 is 1.54 bits per heavy atom. The van der Waals surface area contributed by atoms with E-state index >= 15 is 0 Å². The molecule has 0 amide bonds. The number of ether oxygens (including phenoxy) is 2. The largest absolute Gasteiger partial charge is 0.469 e. The van der Waals surface area contributed by atoms with Crippen LogP contribution in [0.1, 0.15) is 19.3 Å². The van der Waals surface area contributed by atoms with Crippen molar-refractivity contribution in [2.75, 3.05) is 7.11 Å². The van der Waals surface area contributed by atoms with E-state index in [0.29, 0.717) is 6.42 Å². The minimum absolute atomic E-state index is 0.124. The maximum absolute atomic E-state index is 11.3. The van der Waals surface area contributed by atoms with E-state index in [1.54, 1.807) is 0 Å². The van der Waals surface area contributed by atoms with Gasteiger partial charge in [0.05, 0.1) is 25.4 Å². The van der Waals surface area contributed by atoms with Crippen molar-refractivity contribution in [3.63, 3.8) is 0 Å². The van der Waals surface area contributed by atoms with Crippen LogP contribution >= 0.6 is 0 Å². The molecule has 2 saturated heterocycles. The van der Waals surface area contributed by atoms with Gasteiger partial charge in [-0.2, -0.15) is 0 Å². The van der Waals surface area contributed by atoms with Gasteiger partial charge >= 0.3 is 5.97 Å². The molecule has 2 bridgehead atoms. The van der Waals surface area contributed by atoms with Crippen molar-refractivity contribution in [1.82, 2.24) is 0 Å². The van der Waals surface area contributed by atoms with Gasteiger partial charge in [-0.3, -0.25) is 4.79 Å². The molecule has 0 aromatic heterocycles. The molecule has 2 aliphatic rings. The lowest BCUT2D eigenvalue weighted by Gasteiger charge is -2.31. The number of esters is 1. The highest BCUT2D eigenvalue weighted by molar-refractivity contribution is 5.74. The van der Waals surface area contributed by atoms with Gasteiger partial charge in [-0.15, -0.1) is 0 Å². The van der Waals surface area contributed by atoms with Crippen LogP contribution in [0.25, 0.3) is 0 Å². The van der Waals surface area contributed by atoms with Crippen LogP contribution in [-0.2, 0) is 14.3 Å². The molecule has 2 aliphatic heterocycles. The molecule has 2 fully saturated rings. The molecule has 2 heterocycles. The Kier molecular flexibility index (Phi) is 2.26. The predicted molar refractivity (Wildman–Crippen MR) is 44.0 cm³/mol. The summed E-state index contributed by atoms with van der Waals surface area (Å²) in [4.78, 5) is 11.3. The molecule has 4 heteroatoms. The minimum Gasteiger partial charge on any atom is -0.469 e. The van der Waals surface area contributed by atoms with Crippen LogP contribution in [0.3, 0.4) is 0 Å². The monoisotopic (exact) mass is 186 g/mol. The first-order valence-corrected chi connectivity index (χ1v) is 4.63. The van der Waals surface area contributed by atoms with E-state index in [1.165, 1.54) is 7.11 Å². The summed E-state index contributed by atoms with van der Waals surface area (Å²) in [5, 5.41) is 9.67. The van der Waals surface area contributed by atoms with E-state index in [-0.39, 0.29) is 18.2 Å². The normalized spacial score (nSPS) is 43.2. The first-order chi connectivity index (χ1) is 6.22. The first kappa shape index (κ1) is 8.97. The average molecular weight is 186 g/mol. The fraction of sp³-hybridized carbons (Fsp3) is 0.889. The topological polar surface area (TPSA) is 55.8 Å². The van der Waals surface area contributed by atoms with E-state index in [2.05, 4.69) is 4.74 Å². The highest BCUT2D eigenvalue weighted by Crippen LogP contribution is 2.37. The molecule has 4 atom stereocenters. The molecule has 2 rings (SSSR count). The quantitative estimate of drug-likeness (QED) is 0.589. The smallest absolute Gasteiger partial charge is 0.313 e. The van der Waals surface area contributed by atoms with Crippen molar-refractivity contribution in [2.24, 2.45) is 5.92 Å². The highest BCUT2D eigenvalue weighted by Gasteiger charge is 2.46. The van der Waals surface area contributed by atoms with Gasteiger partial charge in [0.2, 0.25) is 0 Å². The number of aliphatic hydroxyl groups excluding tert-OH is 1. The molecule has 0 radical (unpaired) electrons. The fourth-order valence-electron chi connectivity index (χ4n) is 2.28. The molecule has 1 N–H and O–H groups in total. The predicted octanol–water partition coefficient (Wildman–Crippen LogP) is 0.0878. The molecule has 0 aromatic carbocycles. The van der Waals surface area contributed by atoms with Crippen LogP contribution < -0.4 is 0 Å². The second-order valence-corrected chi connectivity index (χ2v) is 3.73. The minimum atomic E-state index is -0.585. The number of hydrogen-bond donors (Lipinski definition) is 1. The van der Waals surface area contributed by atoms with Crippen LogP contribution in [0, 0.1) is 5.92 Å². The van der Waals surface area contributed by atoms with Crippen molar-refractivity contribution in [3.05, 3.63) is 0 Å². The van der Waals surface area contributed by atoms with Crippen molar-refractivity contribution in [2.45, 2.75) is 37.6 Å². The summed E-state index contributed by atoms with van der Waals surface area (Å²) < 4.78 is 10.2. The van der Waals surface area contributed by atoms with Crippen molar-refractivity contribution >= 4 is 5.97 Å². The van der Waals surface area contributed by atoms with Gasteiger partial charge in [0.25, 0.3) is 0 Å². The van der Waals surface area contributed by atoms with Gasteiger partial charge < -0.3 is 14.6 Å². The Morgan fingerprint density at radius 2 is 2.31 bits per heavy atom. The summed E-state index contributed by atoms with van der Waals surface area (Å²) in [6, 6.07) is 0. The van der Waals surface area contributed by atoms with E-state index in [4.69, 9.17) is 4.74 Å². The number of carbonyl (C=O) groups is 1.